The number of rotatable bonds is 3. The molecule has 0 atom stereocenters. The number of hydrogen-bond donors (Lipinski definition) is 0. The van der Waals surface area contributed by atoms with E-state index in [1.54, 1.807) is 6.92 Å². The summed E-state index contributed by atoms with van der Waals surface area (Å²) in [6, 6.07) is 0. The molecule has 54 valence electrons. The molecule has 0 aromatic heterocycles. The molecule has 0 spiro atoms. The SMILES string of the molecule is CCC(=O)CC(C)=O.O. The van der Waals surface area contributed by atoms with E-state index in [-0.39, 0.29) is 23.5 Å². The van der Waals surface area contributed by atoms with Crippen molar-refractivity contribution in [2.45, 2.75) is 26.7 Å². The van der Waals surface area contributed by atoms with Gasteiger partial charge in [-0.1, -0.05) is 6.92 Å². The standard InChI is InChI=1S/C6H10O2.H2O/c1-3-6(8)4-5(2)7;/h3-4H2,1-2H3;1H2. The highest BCUT2D eigenvalue weighted by molar-refractivity contribution is 5.97. The Morgan fingerprint density at radius 2 is 1.78 bits per heavy atom. The van der Waals surface area contributed by atoms with Gasteiger partial charge in [-0.3, -0.25) is 9.59 Å². The molecule has 3 heteroatoms. The first-order valence-electron chi connectivity index (χ1n) is 2.68. The fourth-order valence-electron chi connectivity index (χ4n) is 0.403. The zero-order valence-corrected chi connectivity index (χ0v) is 5.73. The van der Waals surface area contributed by atoms with Crippen LogP contribution in [0.3, 0.4) is 0 Å². The third-order valence-electron chi connectivity index (χ3n) is 0.840. The molecule has 0 aliphatic heterocycles. The van der Waals surface area contributed by atoms with E-state index in [0.717, 1.165) is 0 Å². The quantitative estimate of drug-likeness (QED) is 0.512. The van der Waals surface area contributed by atoms with Crippen molar-refractivity contribution in [1.29, 1.82) is 0 Å². The summed E-state index contributed by atoms with van der Waals surface area (Å²) >= 11 is 0. The van der Waals surface area contributed by atoms with Crippen LogP contribution in [0.1, 0.15) is 26.7 Å². The van der Waals surface area contributed by atoms with Crippen molar-refractivity contribution in [2.24, 2.45) is 0 Å². The molecule has 0 radical (unpaired) electrons. The number of ketones is 2. The fourth-order valence-corrected chi connectivity index (χ4v) is 0.403. The summed E-state index contributed by atoms with van der Waals surface area (Å²) in [7, 11) is 0. The first kappa shape index (κ1) is 11.1. The summed E-state index contributed by atoms with van der Waals surface area (Å²) in [4.78, 5) is 20.6. The number of carbonyl (C=O) groups is 2. The van der Waals surface area contributed by atoms with E-state index in [9.17, 15) is 9.59 Å². The smallest absolute Gasteiger partial charge is 0.139 e. The van der Waals surface area contributed by atoms with E-state index in [1.165, 1.54) is 6.92 Å². The molecule has 0 aliphatic carbocycles. The minimum absolute atomic E-state index is 0. The molecule has 9 heavy (non-hydrogen) atoms. The minimum Gasteiger partial charge on any atom is -0.412 e. The molecule has 0 saturated carbocycles. The molecular weight excluding hydrogens is 120 g/mol. The van der Waals surface area contributed by atoms with Crippen LogP contribution in [0.4, 0.5) is 0 Å². The van der Waals surface area contributed by atoms with Crippen LogP contribution in [0.2, 0.25) is 0 Å². The molecule has 0 saturated heterocycles. The van der Waals surface area contributed by atoms with Gasteiger partial charge in [0.15, 0.2) is 0 Å². The molecule has 0 heterocycles. The Kier molecular flexibility index (Phi) is 6.73. The number of carbonyl (C=O) groups excluding carboxylic acids is 2. The Bertz CT molecular complexity index is 107. The van der Waals surface area contributed by atoms with Crippen molar-refractivity contribution in [3.63, 3.8) is 0 Å². The van der Waals surface area contributed by atoms with E-state index < -0.39 is 0 Å². The molecule has 0 aromatic carbocycles. The molecule has 0 amide bonds. The lowest BCUT2D eigenvalue weighted by atomic mass is 10.2. The van der Waals surface area contributed by atoms with Crippen LogP contribution in [0, 0.1) is 0 Å². The topological polar surface area (TPSA) is 65.6 Å². The lowest BCUT2D eigenvalue weighted by Crippen LogP contribution is -2.01. The zero-order chi connectivity index (χ0) is 6.57. The highest BCUT2D eigenvalue weighted by Crippen LogP contribution is 1.87. The number of Topliss-reactive ketones (excluding diaryl/α,β-unsaturated/α-hetero) is 2. The maximum Gasteiger partial charge on any atom is 0.139 e. The van der Waals surface area contributed by atoms with Crippen LogP contribution in [-0.4, -0.2) is 17.0 Å². The van der Waals surface area contributed by atoms with Crippen LogP contribution in [0.15, 0.2) is 0 Å². The summed E-state index contributed by atoms with van der Waals surface area (Å²) in [5.74, 6) is -0.0191. The molecule has 0 fully saturated rings. The van der Waals surface area contributed by atoms with Gasteiger partial charge in [-0.25, -0.2) is 0 Å². The van der Waals surface area contributed by atoms with Crippen molar-refractivity contribution < 1.29 is 15.1 Å². The maximum absolute atomic E-state index is 10.4. The van der Waals surface area contributed by atoms with Gasteiger partial charge in [0, 0.05) is 6.42 Å². The van der Waals surface area contributed by atoms with E-state index in [4.69, 9.17) is 0 Å². The second kappa shape index (κ2) is 5.44. The molecule has 0 aromatic rings. The van der Waals surface area contributed by atoms with Crippen molar-refractivity contribution in [2.75, 3.05) is 0 Å². The van der Waals surface area contributed by atoms with Crippen LogP contribution in [0.25, 0.3) is 0 Å². The Balaban J connectivity index is 0. The maximum atomic E-state index is 10.4. The van der Waals surface area contributed by atoms with Gasteiger partial charge in [0.2, 0.25) is 0 Å². The van der Waals surface area contributed by atoms with E-state index >= 15 is 0 Å². The molecule has 0 bridgehead atoms. The Morgan fingerprint density at radius 3 is 1.89 bits per heavy atom. The van der Waals surface area contributed by atoms with Gasteiger partial charge >= 0.3 is 0 Å². The van der Waals surface area contributed by atoms with Gasteiger partial charge in [-0.2, -0.15) is 0 Å². The zero-order valence-electron chi connectivity index (χ0n) is 5.73. The average Bonchev–Trinajstić information content (AvgIpc) is 1.65. The van der Waals surface area contributed by atoms with Crippen molar-refractivity contribution >= 4 is 11.6 Å². The molecule has 2 N–H and O–H groups in total. The second-order valence-corrected chi connectivity index (χ2v) is 1.77. The fraction of sp³-hybridized carbons (Fsp3) is 0.667. The second-order valence-electron chi connectivity index (χ2n) is 1.77. The van der Waals surface area contributed by atoms with Gasteiger partial charge in [0.1, 0.15) is 11.6 Å². The van der Waals surface area contributed by atoms with E-state index in [2.05, 4.69) is 0 Å². The summed E-state index contributed by atoms with van der Waals surface area (Å²) in [6.45, 7) is 3.18. The first-order chi connectivity index (χ1) is 3.66. The van der Waals surface area contributed by atoms with Gasteiger partial charge in [-0.15, -0.1) is 0 Å². The van der Waals surface area contributed by atoms with Crippen molar-refractivity contribution in [3.05, 3.63) is 0 Å². The lowest BCUT2D eigenvalue weighted by Gasteiger charge is -1.87. The van der Waals surface area contributed by atoms with Crippen LogP contribution >= 0.6 is 0 Å². The highest BCUT2D eigenvalue weighted by Gasteiger charge is 1.99. The average molecular weight is 132 g/mol. The highest BCUT2D eigenvalue weighted by atomic mass is 16.1. The van der Waals surface area contributed by atoms with Gasteiger partial charge in [0.25, 0.3) is 0 Å². The van der Waals surface area contributed by atoms with Crippen LogP contribution in [-0.2, 0) is 9.59 Å². The first-order valence-corrected chi connectivity index (χ1v) is 2.68. The lowest BCUT2D eigenvalue weighted by molar-refractivity contribution is -0.125. The third kappa shape index (κ3) is 7.30. The van der Waals surface area contributed by atoms with Gasteiger partial charge in [0.05, 0.1) is 6.42 Å². The predicted molar refractivity (Wildman–Crippen MR) is 34.2 cm³/mol. The third-order valence-corrected chi connectivity index (χ3v) is 0.840. The van der Waals surface area contributed by atoms with E-state index in [1.807, 2.05) is 0 Å². The van der Waals surface area contributed by atoms with E-state index in [0.29, 0.717) is 6.42 Å². The Labute approximate surface area is 54.4 Å². The molecule has 0 rings (SSSR count). The van der Waals surface area contributed by atoms with Crippen LogP contribution < -0.4 is 0 Å². The molecule has 0 aliphatic rings. The van der Waals surface area contributed by atoms with Gasteiger partial charge < -0.3 is 5.48 Å². The van der Waals surface area contributed by atoms with Crippen LogP contribution in [0.5, 0.6) is 0 Å². The molecule has 0 unspecified atom stereocenters. The van der Waals surface area contributed by atoms with Crippen molar-refractivity contribution in [3.8, 4) is 0 Å². The monoisotopic (exact) mass is 132 g/mol. The normalized spacial score (nSPS) is 7.78. The molecular formula is C6H12O3. The summed E-state index contributed by atoms with van der Waals surface area (Å²) in [5, 5.41) is 0. The summed E-state index contributed by atoms with van der Waals surface area (Å²) < 4.78 is 0. The Hall–Kier alpha value is -0.700. The summed E-state index contributed by atoms with van der Waals surface area (Å²) in [5.41, 5.74) is 0. The number of hydrogen-bond acceptors (Lipinski definition) is 2. The largest absolute Gasteiger partial charge is 0.412 e. The Morgan fingerprint density at radius 1 is 1.33 bits per heavy atom. The van der Waals surface area contributed by atoms with Crippen molar-refractivity contribution in [1.82, 2.24) is 0 Å². The minimum atomic E-state index is -0.0446. The molecule has 3 nitrogen and oxygen atoms in total. The summed E-state index contributed by atoms with van der Waals surface area (Å²) in [6.07, 6.45) is 0.579. The van der Waals surface area contributed by atoms with Gasteiger partial charge in [-0.05, 0) is 6.92 Å². The predicted octanol–water partition coefficient (Wildman–Crippen LogP) is 0.120.